The molecule has 0 unspecified atom stereocenters. The van der Waals surface area contributed by atoms with E-state index in [1.54, 1.807) is 10.6 Å². The highest BCUT2D eigenvalue weighted by molar-refractivity contribution is 5.62. The van der Waals surface area contributed by atoms with Gasteiger partial charge in [-0.1, -0.05) is 12.1 Å². The molecule has 1 heterocycles. The lowest BCUT2D eigenvalue weighted by molar-refractivity contribution is 0.429. The van der Waals surface area contributed by atoms with E-state index in [-0.39, 0.29) is 11.1 Å². The predicted molar refractivity (Wildman–Crippen MR) is 88.6 cm³/mol. The van der Waals surface area contributed by atoms with Gasteiger partial charge in [0.2, 0.25) is 0 Å². The van der Waals surface area contributed by atoms with Crippen LogP contribution < -0.4 is 11.3 Å². The van der Waals surface area contributed by atoms with Crippen molar-refractivity contribution in [1.82, 2.24) is 4.57 Å². The van der Waals surface area contributed by atoms with Gasteiger partial charge in [-0.3, -0.25) is 4.79 Å². The Hall–Kier alpha value is -2.38. The topological polar surface area (TPSA) is 71.8 Å². The molecule has 0 aliphatic carbocycles. The molecule has 0 saturated carbocycles. The minimum absolute atomic E-state index is 0.136. The van der Waals surface area contributed by atoms with E-state index in [4.69, 9.17) is 11.0 Å². The van der Waals surface area contributed by atoms with Gasteiger partial charge in [-0.05, 0) is 62.6 Å². The average Bonchev–Trinajstić information content (AvgIpc) is 2.43. The van der Waals surface area contributed by atoms with E-state index in [1.165, 1.54) is 5.56 Å². The highest BCUT2D eigenvalue weighted by Gasteiger charge is 2.18. The van der Waals surface area contributed by atoms with Crippen molar-refractivity contribution in [2.45, 2.75) is 39.8 Å². The molecule has 1 aromatic carbocycles. The van der Waals surface area contributed by atoms with Crippen LogP contribution in [-0.4, -0.2) is 10.1 Å². The van der Waals surface area contributed by atoms with E-state index < -0.39 is 5.54 Å². The second kappa shape index (κ2) is 5.78. The molecule has 1 aromatic heterocycles. The Morgan fingerprint density at radius 2 is 1.86 bits per heavy atom. The second-order valence-electron chi connectivity index (χ2n) is 6.42. The van der Waals surface area contributed by atoms with Crippen LogP contribution in [0.25, 0.3) is 11.3 Å². The van der Waals surface area contributed by atoms with E-state index in [2.05, 4.69) is 6.07 Å². The minimum atomic E-state index is -0.549. The Morgan fingerprint density at radius 3 is 2.41 bits per heavy atom. The molecule has 4 nitrogen and oxygen atoms in total. The van der Waals surface area contributed by atoms with Crippen LogP contribution in [0.5, 0.6) is 0 Å². The molecule has 0 amide bonds. The predicted octanol–water partition coefficient (Wildman–Crippen LogP) is 2.74. The molecular formula is C18H21N3O. The number of aromatic nitrogens is 1. The van der Waals surface area contributed by atoms with Gasteiger partial charge in [0.1, 0.15) is 11.6 Å². The third-order valence-electron chi connectivity index (χ3n) is 3.66. The molecule has 0 atom stereocenters. The van der Waals surface area contributed by atoms with Gasteiger partial charge in [-0.25, -0.2) is 0 Å². The molecule has 0 saturated heterocycles. The molecule has 0 fully saturated rings. The zero-order chi connectivity index (χ0) is 16.5. The highest BCUT2D eigenvalue weighted by Crippen LogP contribution is 2.22. The van der Waals surface area contributed by atoms with Crippen molar-refractivity contribution in [3.8, 4) is 17.3 Å². The van der Waals surface area contributed by atoms with Crippen LogP contribution >= 0.6 is 0 Å². The first-order valence-corrected chi connectivity index (χ1v) is 7.23. The van der Waals surface area contributed by atoms with Gasteiger partial charge in [0.05, 0.1) is 5.69 Å². The summed E-state index contributed by atoms with van der Waals surface area (Å²) in [6.07, 6.45) is 0. The molecule has 0 aliphatic rings. The Balaban J connectivity index is 2.70. The van der Waals surface area contributed by atoms with Crippen molar-refractivity contribution in [3.05, 3.63) is 57.4 Å². The Labute approximate surface area is 130 Å². The first-order valence-electron chi connectivity index (χ1n) is 7.23. The summed E-state index contributed by atoms with van der Waals surface area (Å²) in [6, 6.07) is 11.4. The van der Waals surface area contributed by atoms with Gasteiger partial charge in [-0.2, -0.15) is 5.26 Å². The molecule has 0 spiro atoms. The number of benzene rings is 1. The Bertz CT molecular complexity index is 805. The van der Waals surface area contributed by atoms with Gasteiger partial charge in [-0.15, -0.1) is 0 Å². The van der Waals surface area contributed by atoms with Crippen molar-refractivity contribution in [1.29, 1.82) is 5.26 Å². The molecule has 114 valence electrons. The Kier molecular flexibility index (Phi) is 4.20. The summed E-state index contributed by atoms with van der Waals surface area (Å²) >= 11 is 0. The van der Waals surface area contributed by atoms with Gasteiger partial charge < -0.3 is 10.3 Å². The van der Waals surface area contributed by atoms with Crippen LogP contribution in [0.4, 0.5) is 0 Å². The van der Waals surface area contributed by atoms with Gasteiger partial charge in [0.25, 0.3) is 5.56 Å². The molecule has 22 heavy (non-hydrogen) atoms. The normalized spacial score (nSPS) is 11.3. The third kappa shape index (κ3) is 3.26. The SMILES string of the molecule is Cc1ccc(-c2ccc(C#N)c(=O)n2CC(C)(C)N)cc1C. The van der Waals surface area contributed by atoms with Crippen molar-refractivity contribution in [2.75, 3.05) is 0 Å². The number of pyridine rings is 1. The number of nitrogens with two attached hydrogens (primary N) is 1. The smallest absolute Gasteiger partial charge is 0.269 e. The standard InChI is InChI=1S/C18H21N3O/c1-12-5-6-14(9-13(12)2)16-8-7-15(10-19)17(22)21(16)11-18(3,4)20/h5-9H,11,20H2,1-4H3. The Morgan fingerprint density at radius 1 is 1.18 bits per heavy atom. The summed E-state index contributed by atoms with van der Waals surface area (Å²) in [5.41, 5.74) is 9.47. The zero-order valence-electron chi connectivity index (χ0n) is 13.5. The summed E-state index contributed by atoms with van der Waals surface area (Å²) in [4.78, 5) is 12.5. The lowest BCUT2D eigenvalue weighted by Crippen LogP contribution is -2.41. The largest absolute Gasteiger partial charge is 0.324 e. The molecular weight excluding hydrogens is 274 g/mol. The highest BCUT2D eigenvalue weighted by atomic mass is 16.1. The maximum Gasteiger partial charge on any atom is 0.269 e. The monoisotopic (exact) mass is 295 g/mol. The third-order valence-corrected chi connectivity index (χ3v) is 3.66. The van der Waals surface area contributed by atoms with Gasteiger partial charge in [0.15, 0.2) is 0 Å². The fourth-order valence-corrected chi connectivity index (χ4v) is 2.38. The first-order chi connectivity index (χ1) is 10.2. The number of nitrogens with zero attached hydrogens (tertiary/aromatic N) is 2. The van der Waals surface area contributed by atoms with E-state index in [0.717, 1.165) is 16.8 Å². The molecule has 2 rings (SSSR count). The van der Waals surface area contributed by atoms with Crippen LogP contribution in [-0.2, 0) is 6.54 Å². The van der Waals surface area contributed by atoms with Crippen LogP contribution in [0.15, 0.2) is 35.1 Å². The van der Waals surface area contributed by atoms with Crippen molar-refractivity contribution in [3.63, 3.8) is 0 Å². The van der Waals surface area contributed by atoms with E-state index in [9.17, 15) is 4.79 Å². The van der Waals surface area contributed by atoms with E-state index in [0.29, 0.717) is 6.54 Å². The lowest BCUT2D eigenvalue weighted by atomic mass is 10.0. The fourth-order valence-electron chi connectivity index (χ4n) is 2.38. The quantitative estimate of drug-likeness (QED) is 0.946. The maximum absolute atomic E-state index is 12.5. The summed E-state index contributed by atoms with van der Waals surface area (Å²) in [5, 5.41) is 9.09. The summed E-state index contributed by atoms with van der Waals surface area (Å²) in [5.74, 6) is 0. The van der Waals surface area contributed by atoms with Crippen molar-refractivity contribution in [2.24, 2.45) is 5.73 Å². The number of nitriles is 1. The number of hydrogen-bond donors (Lipinski definition) is 1. The minimum Gasteiger partial charge on any atom is -0.324 e. The van der Waals surface area contributed by atoms with Crippen LogP contribution in [0.3, 0.4) is 0 Å². The van der Waals surface area contributed by atoms with Crippen molar-refractivity contribution >= 4 is 0 Å². The van der Waals surface area contributed by atoms with E-state index >= 15 is 0 Å². The van der Waals surface area contributed by atoms with Gasteiger partial charge >= 0.3 is 0 Å². The maximum atomic E-state index is 12.5. The summed E-state index contributed by atoms with van der Waals surface area (Å²) < 4.78 is 1.60. The first kappa shape index (κ1) is 16.0. The average molecular weight is 295 g/mol. The second-order valence-corrected chi connectivity index (χ2v) is 6.42. The van der Waals surface area contributed by atoms with Crippen LogP contribution in [0.1, 0.15) is 30.5 Å². The molecule has 0 radical (unpaired) electrons. The van der Waals surface area contributed by atoms with E-state index in [1.807, 2.05) is 52.0 Å². The fraction of sp³-hybridized carbons (Fsp3) is 0.333. The van der Waals surface area contributed by atoms with Crippen LogP contribution in [0.2, 0.25) is 0 Å². The lowest BCUT2D eigenvalue weighted by Gasteiger charge is -2.23. The number of aryl methyl sites for hydroxylation is 2. The molecule has 2 N–H and O–H groups in total. The molecule has 0 bridgehead atoms. The number of rotatable bonds is 3. The molecule has 2 aromatic rings. The van der Waals surface area contributed by atoms with Gasteiger partial charge in [0, 0.05) is 12.1 Å². The van der Waals surface area contributed by atoms with Crippen LogP contribution in [0, 0.1) is 25.2 Å². The number of hydrogen-bond acceptors (Lipinski definition) is 3. The molecule has 4 heteroatoms. The molecule has 0 aliphatic heterocycles. The summed E-state index contributed by atoms with van der Waals surface area (Å²) in [7, 11) is 0. The van der Waals surface area contributed by atoms with Crippen molar-refractivity contribution < 1.29 is 0 Å². The summed E-state index contributed by atoms with van der Waals surface area (Å²) in [6.45, 7) is 8.17. The zero-order valence-corrected chi connectivity index (χ0v) is 13.5.